The zero-order chi connectivity index (χ0) is 14.7. The Balaban J connectivity index is 2.09. The Morgan fingerprint density at radius 2 is 1.80 bits per heavy atom. The van der Waals surface area contributed by atoms with Crippen LogP contribution in [-0.2, 0) is 9.84 Å². The van der Waals surface area contributed by atoms with E-state index in [0.717, 1.165) is 16.8 Å². The first-order valence-corrected chi connectivity index (χ1v) is 8.46. The van der Waals surface area contributed by atoms with E-state index in [4.69, 9.17) is 0 Å². The van der Waals surface area contributed by atoms with E-state index >= 15 is 0 Å². The maximum Gasteiger partial charge on any atom is 0.324 e. The van der Waals surface area contributed by atoms with Gasteiger partial charge in [0.25, 0.3) is 0 Å². The summed E-state index contributed by atoms with van der Waals surface area (Å²) in [5.41, 5.74) is 2.87. The number of likely N-dealkylation sites (N-methyl/N-ethyl adjacent to an activating group) is 1. The van der Waals surface area contributed by atoms with Gasteiger partial charge in [0.15, 0.2) is 9.84 Å². The van der Waals surface area contributed by atoms with Crippen molar-refractivity contribution in [1.29, 1.82) is 0 Å². The van der Waals surface area contributed by atoms with Gasteiger partial charge in [-0.25, -0.2) is 13.2 Å². The molecule has 2 unspecified atom stereocenters. The average molecular weight is 294 g/mol. The molecule has 0 N–H and O–H groups in total. The molecule has 5 nitrogen and oxygen atoms in total. The van der Waals surface area contributed by atoms with Gasteiger partial charge in [0.05, 0.1) is 23.6 Å². The first-order valence-electron chi connectivity index (χ1n) is 6.64. The standard InChI is InChI=1S/C14H18N2O3S/c1-9-4-5-10(2)11(6-9)16-13-8-20(18,19)7-12(13)15(3)14(16)17/h4-6,12-13H,7-8H2,1-3H3. The van der Waals surface area contributed by atoms with Crippen LogP contribution in [0.15, 0.2) is 18.2 Å². The van der Waals surface area contributed by atoms with Crippen molar-refractivity contribution in [2.45, 2.75) is 25.9 Å². The molecule has 0 spiro atoms. The third-order valence-corrected chi connectivity index (χ3v) is 5.95. The highest BCUT2D eigenvalue weighted by molar-refractivity contribution is 7.91. The fraction of sp³-hybridized carbons (Fsp3) is 0.500. The number of anilines is 1. The number of amides is 2. The summed E-state index contributed by atoms with van der Waals surface area (Å²) in [6.07, 6.45) is 0. The van der Waals surface area contributed by atoms with Gasteiger partial charge in [-0.2, -0.15) is 0 Å². The van der Waals surface area contributed by atoms with Crippen molar-refractivity contribution >= 4 is 21.6 Å². The average Bonchev–Trinajstić information content (AvgIpc) is 2.78. The summed E-state index contributed by atoms with van der Waals surface area (Å²) in [7, 11) is -1.37. The van der Waals surface area contributed by atoms with Gasteiger partial charge in [-0.3, -0.25) is 4.90 Å². The van der Waals surface area contributed by atoms with Gasteiger partial charge in [-0.15, -0.1) is 0 Å². The number of carbonyl (C=O) groups is 1. The number of rotatable bonds is 1. The van der Waals surface area contributed by atoms with Gasteiger partial charge in [0.2, 0.25) is 0 Å². The van der Waals surface area contributed by atoms with E-state index in [-0.39, 0.29) is 29.6 Å². The fourth-order valence-corrected chi connectivity index (χ4v) is 5.14. The van der Waals surface area contributed by atoms with Gasteiger partial charge < -0.3 is 4.90 Å². The molecule has 2 saturated heterocycles. The number of nitrogens with zero attached hydrogens (tertiary/aromatic N) is 2. The van der Waals surface area contributed by atoms with Gasteiger partial charge in [-0.1, -0.05) is 12.1 Å². The molecule has 6 heteroatoms. The smallest absolute Gasteiger partial charge is 0.321 e. The molecule has 2 heterocycles. The first-order chi connectivity index (χ1) is 9.30. The lowest BCUT2D eigenvalue weighted by Gasteiger charge is -2.23. The van der Waals surface area contributed by atoms with Crippen LogP contribution in [0, 0.1) is 13.8 Å². The Labute approximate surface area is 119 Å². The van der Waals surface area contributed by atoms with E-state index in [2.05, 4.69) is 0 Å². The molecule has 0 aromatic heterocycles. The molecule has 0 saturated carbocycles. The van der Waals surface area contributed by atoms with E-state index in [0.29, 0.717) is 0 Å². The van der Waals surface area contributed by atoms with Gasteiger partial charge in [0, 0.05) is 12.7 Å². The number of fused-ring (bicyclic) bond motifs is 1. The Kier molecular flexibility index (Phi) is 2.83. The van der Waals surface area contributed by atoms with Crippen LogP contribution in [0.2, 0.25) is 0 Å². The van der Waals surface area contributed by atoms with E-state index in [9.17, 15) is 13.2 Å². The summed E-state index contributed by atoms with van der Waals surface area (Å²) in [6, 6.07) is 5.31. The molecular weight excluding hydrogens is 276 g/mol. The molecule has 1 aromatic rings. The molecule has 0 radical (unpaired) electrons. The van der Waals surface area contributed by atoms with Gasteiger partial charge in [0.1, 0.15) is 0 Å². The number of urea groups is 1. The Morgan fingerprint density at radius 1 is 1.15 bits per heavy atom. The van der Waals surface area contributed by atoms with Crippen LogP contribution < -0.4 is 4.90 Å². The normalized spacial score (nSPS) is 28.1. The van der Waals surface area contributed by atoms with Crippen LogP contribution in [0.25, 0.3) is 0 Å². The Bertz CT molecular complexity index is 684. The highest BCUT2D eigenvalue weighted by atomic mass is 32.2. The second-order valence-corrected chi connectivity index (χ2v) is 7.92. The maximum atomic E-state index is 12.5. The fourth-order valence-electron chi connectivity index (χ4n) is 3.14. The molecular formula is C14H18N2O3S. The monoisotopic (exact) mass is 294 g/mol. The van der Waals surface area contributed by atoms with Crippen molar-refractivity contribution in [3.8, 4) is 0 Å². The molecule has 2 fully saturated rings. The quantitative estimate of drug-likeness (QED) is 0.734. The minimum Gasteiger partial charge on any atom is -0.321 e. The maximum absolute atomic E-state index is 12.5. The van der Waals surface area contributed by atoms with Gasteiger partial charge >= 0.3 is 6.03 Å². The van der Waals surface area contributed by atoms with Crippen molar-refractivity contribution < 1.29 is 13.2 Å². The van der Waals surface area contributed by atoms with E-state index in [1.165, 1.54) is 0 Å². The Hall–Kier alpha value is -1.56. The number of benzene rings is 1. The summed E-state index contributed by atoms with van der Waals surface area (Å²) in [6.45, 7) is 3.91. The molecule has 2 aliphatic rings. The van der Waals surface area contributed by atoms with Crippen molar-refractivity contribution in [2.24, 2.45) is 0 Å². The molecule has 2 atom stereocenters. The topological polar surface area (TPSA) is 57.7 Å². The predicted octanol–water partition coefficient (Wildman–Crippen LogP) is 1.34. The van der Waals surface area contributed by atoms with Crippen molar-refractivity contribution in [2.75, 3.05) is 23.5 Å². The molecule has 3 rings (SSSR count). The number of sulfone groups is 1. The van der Waals surface area contributed by atoms with Crippen LogP contribution in [0.4, 0.5) is 10.5 Å². The van der Waals surface area contributed by atoms with Crippen LogP contribution in [0.1, 0.15) is 11.1 Å². The summed E-state index contributed by atoms with van der Waals surface area (Å²) in [4.78, 5) is 15.7. The van der Waals surface area contributed by atoms with Crippen molar-refractivity contribution in [3.63, 3.8) is 0 Å². The molecule has 0 bridgehead atoms. The van der Waals surface area contributed by atoms with E-state index < -0.39 is 9.84 Å². The second-order valence-electron chi connectivity index (χ2n) is 5.77. The summed E-state index contributed by atoms with van der Waals surface area (Å²) >= 11 is 0. The SMILES string of the molecule is Cc1ccc(C)c(N2C(=O)N(C)C3CS(=O)(=O)CC32)c1. The minimum atomic E-state index is -3.06. The van der Waals surface area contributed by atoms with Crippen molar-refractivity contribution in [3.05, 3.63) is 29.3 Å². The van der Waals surface area contributed by atoms with Crippen LogP contribution in [0.5, 0.6) is 0 Å². The summed E-state index contributed by atoms with van der Waals surface area (Å²) in [5.74, 6) is 0.127. The lowest BCUT2D eigenvalue weighted by molar-refractivity contribution is 0.221. The Morgan fingerprint density at radius 3 is 2.50 bits per heavy atom. The van der Waals surface area contributed by atoms with E-state index in [1.807, 2.05) is 32.0 Å². The van der Waals surface area contributed by atoms with Crippen LogP contribution in [-0.4, -0.2) is 50.0 Å². The van der Waals surface area contributed by atoms with Crippen molar-refractivity contribution in [1.82, 2.24) is 4.90 Å². The highest BCUT2D eigenvalue weighted by Crippen LogP contribution is 2.35. The van der Waals surface area contributed by atoms with Gasteiger partial charge in [-0.05, 0) is 31.0 Å². The molecule has 108 valence electrons. The molecule has 2 amide bonds. The predicted molar refractivity (Wildman–Crippen MR) is 77.8 cm³/mol. The molecule has 20 heavy (non-hydrogen) atoms. The summed E-state index contributed by atoms with van der Waals surface area (Å²) < 4.78 is 23.7. The summed E-state index contributed by atoms with van der Waals surface area (Å²) in [5, 5.41) is 0. The third-order valence-electron chi connectivity index (χ3n) is 4.25. The van der Waals surface area contributed by atoms with Crippen LogP contribution >= 0.6 is 0 Å². The largest absolute Gasteiger partial charge is 0.324 e. The number of aryl methyl sites for hydroxylation is 2. The van der Waals surface area contributed by atoms with Crippen LogP contribution in [0.3, 0.4) is 0 Å². The number of carbonyl (C=O) groups excluding carboxylic acids is 1. The highest BCUT2D eigenvalue weighted by Gasteiger charge is 2.52. The molecule has 2 aliphatic heterocycles. The van der Waals surface area contributed by atoms with E-state index in [1.54, 1.807) is 16.8 Å². The molecule has 0 aliphatic carbocycles. The molecule has 1 aromatic carbocycles. The second kappa shape index (κ2) is 4.22. The lowest BCUT2D eigenvalue weighted by atomic mass is 10.1. The number of hydrogen-bond acceptors (Lipinski definition) is 3. The third kappa shape index (κ3) is 1.90. The zero-order valence-corrected chi connectivity index (χ0v) is 12.6. The zero-order valence-electron chi connectivity index (χ0n) is 11.8. The first kappa shape index (κ1) is 13.4. The lowest BCUT2D eigenvalue weighted by Crippen LogP contribution is -2.37. The number of hydrogen-bond donors (Lipinski definition) is 0. The minimum absolute atomic E-state index is 0.0567.